The summed E-state index contributed by atoms with van der Waals surface area (Å²) >= 11 is 0. The molecule has 5 aliphatic rings. The molecule has 0 aliphatic heterocycles. The Labute approximate surface area is 191 Å². The van der Waals surface area contributed by atoms with Gasteiger partial charge in [-0.3, -0.25) is 9.59 Å². The van der Waals surface area contributed by atoms with Gasteiger partial charge in [0.15, 0.2) is 5.76 Å². The lowest BCUT2D eigenvalue weighted by Crippen LogP contribution is -2.62. The third kappa shape index (κ3) is 2.50. The standard InChI is InChI=1S/C28H36O4/c1-24-8-9-25(2,23(31)32)16-22(24)28(5)13-11-26(3)18-15-20(30)19(29)14-17(18)6-7-21(26)27(28,4)12-10-24/h6-7,14-15,22,29H,8-13,16H2,1-5H3,(H,31,32). The highest BCUT2D eigenvalue weighted by atomic mass is 16.4. The van der Waals surface area contributed by atoms with E-state index in [4.69, 9.17) is 0 Å². The minimum absolute atomic E-state index is 0.00499. The fourth-order valence-electron chi connectivity index (χ4n) is 8.39. The lowest BCUT2D eigenvalue weighted by molar-refractivity contribution is -0.178. The molecule has 0 saturated heterocycles. The maximum Gasteiger partial charge on any atom is 0.309 e. The van der Waals surface area contributed by atoms with Crippen molar-refractivity contribution in [3.8, 4) is 0 Å². The Morgan fingerprint density at radius 2 is 1.62 bits per heavy atom. The van der Waals surface area contributed by atoms with Gasteiger partial charge >= 0.3 is 5.97 Å². The second-order valence-corrected chi connectivity index (χ2v) is 12.5. The maximum absolute atomic E-state index is 12.4. The van der Waals surface area contributed by atoms with Crippen LogP contribution in [0.1, 0.15) is 79.6 Å². The first-order chi connectivity index (χ1) is 14.8. The number of carbonyl (C=O) groups excluding carboxylic acids is 1. The highest BCUT2D eigenvalue weighted by Crippen LogP contribution is 2.75. The van der Waals surface area contributed by atoms with E-state index in [1.54, 1.807) is 12.2 Å². The summed E-state index contributed by atoms with van der Waals surface area (Å²) in [5, 5.41) is 20.0. The van der Waals surface area contributed by atoms with Crippen molar-refractivity contribution < 1.29 is 19.8 Å². The first kappa shape index (κ1) is 21.7. The molecule has 5 aliphatic carbocycles. The predicted octanol–water partition coefficient (Wildman–Crippen LogP) is 6.31. The molecule has 6 atom stereocenters. The van der Waals surface area contributed by atoms with Gasteiger partial charge in [-0.2, -0.15) is 0 Å². The van der Waals surface area contributed by atoms with Crippen molar-refractivity contribution in [2.24, 2.45) is 33.0 Å². The van der Waals surface area contributed by atoms with E-state index in [0.717, 1.165) is 56.1 Å². The van der Waals surface area contributed by atoms with Gasteiger partial charge in [0.25, 0.3) is 0 Å². The molecular formula is C28H36O4. The zero-order valence-corrected chi connectivity index (χ0v) is 20.0. The minimum Gasteiger partial charge on any atom is -0.504 e. The van der Waals surface area contributed by atoms with Crippen LogP contribution in [0.25, 0.3) is 0 Å². The first-order valence-electron chi connectivity index (χ1n) is 12.1. The number of carboxylic acids is 1. The molecular weight excluding hydrogens is 400 g/mol. The molecule has 0 spiro atoms. The van der Waals surface area contributed by atoms with E-state index >= 15 is 0 Å². The summed E-state index contributed by atoms with van der Waals surface area (Å²) in [6.07, 6.45) is 14.2. The third-order valence-corrected chi connectivity index (χ3v) is 11.0. The Morgan fingerprint density at radius 3 is 2.31 bits per heavy atom. The van der Waals surface area contributed by atoms with E-state index in [1.807, 2.05) is 6.92 Å². The quantitative estimate of drug-likeness (QED) is 0.505. The van der Waals surface area contributed by atoms with E-state index in [1.165, 1.54) is 5.57 Å². The molecule has 4 heteroatoms. The molecule has 0 bridgehead atoms. The zero-order chi connectivity index (χ0) is 23.3. The average molecular weight is 437 g/mol. The molecule has 0 aromatic rings. The van der Waals surface area contributed by atoms with E-state index < -0.39 is 11.4 Å². The molecule has 3 saturated carbocycles. The van der Waals surface area contributed by atoms with Crippen LogP contribution in [0.5, 0.6) is 0 Å². The molecule has 0 aromatic carbocycles. The number of hydrogen-bond donors (Lipinski definition) is 2. The summed E-state index contributed by atoms with van der Waals surface area (Å²) in [5.41, 5.74) is 2.61. The van der Waals surface area contributed by atoms with Gasteiger partial charge in [-0.05, 0) is 97.3 Å². The fourth-order valence-corrected chi connectivity index (χ4v) is 8.39. The van der Waals surface area contributed by atoms with Gasteiger partial charge in [0.1, 0.15) is 0 Å². The molecule has 0 aromatic heterocycles. The van der Waals surface area contributed by atoms with Gasteiger partial charge in [0.2, 0.25) is 5.78 Å². The van der Waals surface area contributed by atoms with E-state index in [0.29, 0.717) is 5.92 Å². The maximum atomic E-state index is 12.4. The first-order valence-corrected chi connectivity index (χ1v) is 12.1. The molecule has 0 heterocycles. The van der Waals surface area contributed by atoms with Crippen molar-refractivity contribution in [1.82, 2.24) is 0 Å². The second-order valence-electron chi connectivity index (χ2n) is 12.5. The minimum atomic E-state index is -0.655. The number of fused-ring (bicyclic) bond motifs is 7. The van der Waals surface area contributed by atoms with Crippen LogP contribution in [0.2, 0.25) is 0 Å². The molecule has 32 heavy (non-hydrogen) atoms. The Bertz CT molecular complexity index is 1060. The number of allylic oxidation sites excluding steroid dienone is 7. The molecule has 3 fully saturated rings. The van der Waals surface area contributed by atoms with Gasteiger partial charge in [0, 0.05) is 5.41 Å². The summed E-state index contributed by atoms with van der Waals surface area (Å²) in [5.74, 6) is -0.793. The van der Waals surface area contributed by atoms with Gasteiger partial charge in [-0.15, -0.1) is 0 Å². The van der Waals surface area contributed by atoms with Crippen LogP contribution in [-0.2, 0) is 9.59 Å². The largest absolute Gasteiger partial charge is 0.504 e. The van der Waals surface area contributed by atoms with E-state index in [9.17, 15) is 19.8 Å². The zero-order valence-electron chi connectivity index (χ0n) is 20.0. The number of aliphatic carboxylic acids is 1. The van der Waals surface area contributed by atoms with Crippen molar-refractivity contribution >= 4 is 11.8 Å². The molecule has 6 unspecified atom stereocenters. The summed E-state index contributed by atoms with van der Waals surface area (Å²) in [7, 11) is 0. The van der Waals surface area contributed by atoms with Gasteiger partial charge in [0.05, 0.1) is 5.41 Å². The fraction of sp³-hybridized carbons (Fsp3) is 0.643. The predicted molar refractivity (Wildman–Crippen MR) is 124 cm³/mol. The van der Waals surface area contributed by atoms with Crippen molar-refractivity contribution in [2.45, 2.75) is 79.6 Å². The van der Waals surface area contributed by atoms with Gasteiger partial charge in [-0.25, -0.2) is 0 Å². The van der Waals surface area contributed by atoms with Crippen LogP contribution < -0.4 is 0 Å². The van der Waals surface area contributed by atoms with Crippen LogP contribution in [-0.4, -0.2) is 22.0 Å². The number of aliphatic hydroxyl groups is 1. The highest BCUT2D eigenvalue weighted by Gasteiger charge is 2.67. The van der Waals surface area contributed by atoms with Crippen molar-refractivity contribution in [3.63, 3.8) is 0 Å². The van der Waals surface area contributed by atoms with Gasteiger partial charge in [-0.1, -0.05) is 45.4 Å². The second kappa shape index (κ2) is 6.27. The number of aliphatic hydroxyl groups excluding tert-OH is 1. The topological polar surface area (TPSA) is 74.6 Å². The number of hydrogen-bond acceptors (Lipinski definition) is 3. The smallest absolute Gasteiger partial charge is 0.309 e. The Morgan fingerprint density at radius 1 is 0.938 bits per heavy atom. The third-order valence-electron chi connectivity index (χ3n) is 11.0. The number of ketones is 1. The number of carbonyl (C=O) groups is 2. The Hall–Kier alpha value is -2.10. The van der Waals surface area contributed by atoms with Crippen molar-refractivity contribution in [2.75, 3.05) is 0 Å². The van der Waals surface area contributed by atoms with Crippen LogP contribution in [0, 0.1) is 33.0 Å². The van der Waals surface area contributed by atoms with E-state index in [2.05, 4.69) is 39.8 Å². The summed E-state index contributed by atoms with van der Waals surface area (Å²) < 4.78 is 0. The van der Waals surface area contributed by atoms with Gasteiger partial charge < -0.3 is 10.2 Å². The van der Waals surface area contributed by atoms with Crippen LogP contribution >= 0.6 is 0 Å². The number of rotatable bonds is 1. The molecule has 2 N–H and O–H groups in total. The van der Waals surface area contributed by atoms with Crippen LogP contribution in [0.3, 0.4) is 0 Å². The lowest BCUT2D eigenvalue weighted by atomic mass is 9.34. The summed E-state index contributed by atoms with van der Waals surface area (Å²) in [4.78, 5) is 24.6. The summed E-state index contributed by atoms with van der Waals surface area (Å²) in [6, 6.07) is 0. The monoisotopic (exact) mass is 436 g/mol. The Balaban J connectivity index is 1.63. The molecule has 4 nitrogen and oxygen atoms in total. The summed E-state index contributed by atoms with van der Waals surface area (Å²) in [6.45, 7) is 11.4. The van der Waals surface area contributed by atoms with Crippen molar-refractivity contribution in [3.05, 3.63) is 46.8 Å². The van der Waals surface area contributed by atoms with E-state index in [-0.39, 0.29) is 33.2 Å². The van der Waals surface area contributed by atoms with Crippen LogP contribution in [0.4, 0.5) is 0 Å². The lowest BCUT2D eigenvalue weighted by Gasteiger charge is -2.69. The SMILES string of the molecule is CC1(C(=O)O)CCC2(C)CCC3(C)C4=CC=C5C=C(O)C(=O)C=C5C4(C)CCC3(C)C2C1. The number of carboxylic acid groups (broad SMARTS) is 1. The molecule has 0 amide bonds. The molecule has 172 valence electrons. The van der Waals surface area contributed by atoms with Crippen molar-refractivity contribution in [1.29, 1.82) is 0 Å². The molecule has 5 rings (SSSR count). The Kier molecular flexibility index (Phi) is 4.26. The normalized spacial score (nSPS) is 47.5. The van der Waals surface area contributed by atoms with Crippen LogP contribution in [0.15, 0.2) is 46.8 Å². The highest BCUT2D eigenvalue weighted by molar-refractivity contribution is 6.05. The molecule has 0 radical (unpaired) electrons. The average Bonchev–Trinajstić information content (AvgIpc) is 2.73.